The van der Waals surface area contributed by atoms with Crippen molar-refractivity contribution in [2.45, 2.75) is 26.7 Å². The number of primary amides is 1. The molecular weight excluding hydrogens is 190 g/mol. The molecule has 0 aliphatic rings. The molecule has 84 valence electrons. The van der Waals surface area contributed by atoms with Gasteiger partial charge in [-0.1, -0.05) is 26.0 Å². The zero-order valence-corrected chi connectivity index (χ0v) is 9.62. The smallest absolute Gasteiger partial charge is 0.217 e. The van der Waals surface area contributed by atoms with Gasteiger partial charge in [-0.3, -0.25) is 4.79 Å². The van der Waals surface area contributed by atoms with Gasteiger partial charge in [-0.2, -0.15) is 0 Å². The summed E-state index contributed by atoms with van der Waals surface area (Å²) in [5.41, 5.74) is 6.11. The van der Waals surface area contributed by atoms with Gasteiger partial charge in [0.25, 0.3) is 0 Å². The predicted molar refractivity (Wildman–Crippen MR) is 61.9 cm³/mol. The van der Waals surface area contributed by atoms with Crippen LogP contribution in [0.25, 0.3) is 0 Å². The fraction of sp³-hybridized carbons (Fsp3) is 0.417. The minimum Gasteiger partial charge on any atom is -0.497 e. The molecule has 0 aliphatic heterocycles. The maximum absolute atomic E-state index is 10.5. The van der Waals surface area contributed by atoms with Gasteiger partial charge in [-0.25, -0.2) is 0 Å². The van der Waals surface area contributed by atoms with E-state index in [1.54, 1.807) is 7.11 Å². The van der Waals surface area contributed by atoms with E-state index in [2.05, 4.69) is 0 Å². The second-order valence-electron chi connectivity index (χ2n) is 2.82. The monoisotopic (exact) mass is 209 g/mol. The van der Waals surface area contributed by atoms with Crippen molar-refractivity contribution in [3.8, 4) is 5.75 Å². The molecule has 0 aromatic heterocycles. The van der Waals surface area contributed by atoms with Crippen LogP contribution in [0.2, 0.25) is 0 Å². The fourth-order valence-electron chi connectivity index (χ4n) is 1.10. The lowest BCUT2D eigenvalue weighted by molar-refractivity contribution is -0.117. The maximum Gasteiger partial charge on any atom is 0.217 e. The second kappa shape index (κ2) is 7.85. The van der Waals surface area contributed by atoms with Crippen molar-refractivity contribution in [1.82, 2.24) is 0 Å². The number of ether oxygens (including phenoxy) is 1. The largest absolute Gasteiger partial charge is 0.497 e. The minimum absolute atomic E-state index is 0.275. The Kier molecular flexibility index (Phi) is 7.06. The van der Waals surface area contributed by atoms with Gasteiger partial charge in [-0.15, -0.1) is 0 Å². The molecule has 2 N–H and O–H groups in total. The van der Waals surface area contributed by atoms with Crippen molar-refractivity contribution in [1.29, 1.82) is 0 Å². The van der Waals surface area contributed by atoms with Gasteiger partial charge in [0, 0.05) is 6.42 Å². The van der Waals surface area contributed by atoms with Gasteiger partial charge in [0.05, 0.1) is 7.11 Å². The molecule has 0 radical (unpaired) electrons. The lowest BCUT2D eigenvalue weighted by Crippen LogP contribution is -2.11. The molecule has 3 heteroatoms. The summed E-state index contributed by atoms with van der Waals surface area (Å²) < 4.78 is 5.05. The van der Waals surface area contributed by atoms with Gasteiger partial charge in [0.1, 0.15) is 5.75 Å². The number of rotatable bonds is 4. The van der Waals surface area contributed by atoms with E-state index < -0.39 is 0 Å². The lowest BCUT2D eigenvalue weighted by atomic mass is 10.1. The van der Waals surface area contributed by atoms with Crippen molar-refractivity contribution in [2.24, 2.45) is 5.73 Å². The molecule has 0 unspecified atom stereocenters. The highest BCUT2D eigenvalue weighted by Gasteiger charge is 1.98. The molecule has 1 aromatic carbocycles. The number of carbonyl (C=O) groups is 1. The molecule has 1 aromatic rings. The number of aryl methyl sites for hydroxylation is 1. The SMILES string of the molecule is CC.COc1cccc(CCC(N)=O)c1. The first-order valence-corrected chi connectivity index (χ1v) is 5.13. The van der Waals surface area contributed by atoms with E-state index in [0.29, 0.717) is 12.8 Å². The van der Waals surface area contributed by atoms with E-state index in [9.17, 15) is 4.79 Å². The zero-order valence-electron chi connectivity index (χ0n) is 9.62. The van der Waals surface area contributed by atoms with E-state index in [1.165, 1.54) is 0 Å². The molecule has 0 aliphatic carbocycles. The molecule has 3 nitrogen and oxygen atoms in total. The van der Waals surface area contributed by atoms with Crippen LogP contribution in [0.4, 0.5) is 0 Å². The van der Waals surface area contributed by atoms with Crippen LogP contribution in [0.15, 0.2) is 24.3 Å². The highest BCUT2D eigenvalue weighted by atomic mass is 16.5. The Morgan fingerprint density at radius 2 is 2.07 bits per heavy atom. The quantitative estimate of drug-likeness (QED) is 0.826. The summed E-state index contributed by atoms with van der Waals surface area (Å²) in [7, 11) is 1.62. The number of carbonyl (C=O) groups excluding carboxylic acids is 1. The van der Waals surface area contributed by atoms with E-state index in [0.717, 1.165) is 11.3 Å². The van der Waals surface area contributed by atoms with Crippen LogP contribution in [-0.4, -0.2) is 13.0 Å². The minimum atomic E-state index is -0.275. The van der Waals surface area contributed by atoms with Gasteiger partial charge >= 0.3 is 0 Å². The van der Waals surface area contributed by atoms with Crippen molar-refractivity contribution in [2.75, 3.05) is 7.11 Å². The van der Waals surface area contributed by atoms with E-state index >= 15 is 0 Å². The molecule has 0 heterocycles. The Morgan fingerprint density at radius 3 is 2.60 bits per heavy atom. The number of hydrogen-bond acceptors (Lipinski definition) is 2. The van der Waals surface area contributed by atoms with Crippen molar-refractivity contribution >= 4 is 5.91 Å². The van der Waals surface area contributed by atoms with Gasteiger partial charge in [0.15, 0.2) is 0 Å². The fourth-order valence-corrected chi connectivity index (χ4v) is 1.10. The summed E-state index contributed by atoms with van der Waals surface area (Å²) in [4.78, 5) is 10.5. The topological polar surface area (TPSA) is 52.3 Å². The Hall–Kier alpha value is -1.51. The number of amides is 1. The number of methoxy groups -OCH3 is 1. The third-order valence-corrected chi connectivity index (χ3v) is 1.79. The van der Waals surface area contributed by atoms with Gasteiger partial charge in [0.2, 0.25) is 5.91 Å². The Balaban J connectivity index is 0.000000921. The number of nitrogens with two attached hydrogens (primary N) is 1. The number of hydrogen-bond donors (Lipinski definition) is 1. The standard InChI is InChI=1S/C10H13NO2.C2H6/c1-13-9-4-2-3-8(7-9)5-6-10(11)12;1-2/h2-4,7H,5-6H2,1H3,(H2,11,12);1-2H3. The highest BCUT2D eigenvalue weighted by molar-refractivity contribution is 5.74. The average molecular weight is 209 g/mol. The Bertz CT molecular complexity index is 297. The van der Waals surface area contributed by atoms with Crippen molar-refractivity contribution < 1.29 is 9.53 Å². The third-order valence-electron chi connectivity index (χ3n) is 1.79. The van der Waals surface area contributed by atoms with Crippen LogP contribution in [0.5, 0.6) is 5.75 Å². The summed E-state index contributed by atoms with van der Waals surface area (Å²) in [6, 6.07) is 7.62. The molecule has 0 fully saturated rings. The summed E-state index contributed by atoms with van der Waals surface area (Å²) in [6.07, 6.45) is 1.06. The molecular formula is C12H19NO2. The van der Waals surface area contributed by atoms with E-state index in [4.69, 9.17) is 10.5 Å². The first-order chi connectivity index (χ1) is 7.22. The Labute approximate surface area is 91.2 Å². The molecule has 0 atom stereocenters. The van der Waals surface area contributed by atoms with Crippen molar-refractivity contribution in [3.63, 3.8) is 0 Å². The van der Waals surface area contributed by atoms with Crippen LogP contribution in [0.1, 0.15) is 25.8 Å². The summed E-state index contributed by atoms with van der Waals surface area (Å²) in [5.74, 6) is 0.532. The van der Waals surface area contributed by atoms with Gasteiger partial charge in [-0.05, 0) is 24.1 Å². The van der Waals surface area contributed by atoms with Crippen LogP contribution in [-0.2, 0) is 11.2 Å². The van der Waals surface area contributed by atoms with Crippen LogP contribution in [0, 0.1) is 0 Å². The molecule has 15 heavy (non-hydrogen) atoms. The molecule has 1 amide bonds. The lowest BCUT2D eigenvalue weighted by Gasteiger charge is -2.02. The summed E-state index contributed by atoms with van der Waals surface area (Å²) >= 11 is 0. The molecule has 0 bridgehead atoms. The summed E-state index contributed by atoms with van der Waals surface area (Å²) in [5, 5.41) is 0. The van der Waals surface area contributed by atoms with Crippen molar-refractivity contribution in [3.05, 3.63) is 29.8 Å². The van der Waals surface area contributed by atoms with Crippen LogP contribution in [0.3, 0.4) is 0 Å². The first kappa shape index (κ1) is 13.5. The van der Waals surface area contributed by atoms with Crippen LogP contribution >= 0.6 is 0 Å². The number of benzene rings is 1. The summed E-state index contributed by atoms with van der Waals surface area (Å²) in [6.45, 7) is 4.00. The maximum atomic E-state index is 10.5. The van der Waals surface area contributed by atoms with Gasteiger partial charge < -0.3 is 10.5 Å². The third kappa shape index (κ3) is 5.73. The second-order valence-corrected chi connectivity index (χ2v) is 2.82. The first-order valence-electron chi connectivity index (χ1n) is 5.13. The van der Waals surface area contributed by atoms with E-state index in [-0.39, 0.29) is 5.91 Å². The molecule has 0 saturated heterocycles. The Morgan fingerprint density at radius 1 is 1.40 bits per heavy atom. The molecule has 1 rings (SSSR count). The van der Waals surface area contributed by atoms with E-state index in [1.807, 2.05) is 38.1 Å². The zero-order chi connectivity index (χ0) is 11.7. The normalized spacial score (nSPS) is 8.73. The molecule has 0 saturated carbocycles. The average Bonchev–Trinajstić information content (AvgIpc) is 2.29. The highest BCUT2D eigenvalue weighted by Crippen LogP contribution is 2.13. The molecule has 0 spiro atoms. The predicted octanol–water partition coefficient (Wildman–Crippen LogP) is 2.14. The van der Waals surface area contributed by atoms with Crippen LogP contribution < -0.4 is 10.5 Å².